The molecule has 6 nitrogen and oxygen atoms in total. The molecule has 1 aromatic carbocycles. The monoisotopic (exact) mass is 352 g/mol. The Morgan fingerprint density at radius 3 is 2.96 bits per heavy atom. The number of hydrogen-bond donors (Lipinski definition) is 3. The molecule has 3 rings (SSSR count). The Hall–Kier alpha value is -1.79. The Morgan fingerprint density at radius 1 is 1.42 bits per heavy atom. The minimum absolute atomic E-state index is 0.0407. The number of quaternary nitrogens is 1. The molecule has 1 saturated heterocycles. The van der Waals surface area contributed by atoms with Gasteiger partial charge in [0.05, 0.1) is 24.6 Å². The van der Waals surface area contributed by atoms with Crippen LogP contribution < -0.4 is 20.7 Å². The molecule has 130 valence electrons. The summed E-state index contributed by atoms with van der Waals surface area (Å²) in [4.78, 5) is 24.5. The van der Waals surface area contributed by atoms with Gasteiger partial charge in [0.1, 0.15) is 11.8 Å². The molecule has 0 bridgehead atoms. The lowest BCUT2D eigenvalue weighted by Crippen LogP contribution is -3.03. The first kappa shape index (κ1) is 17.0. The van der Waals surface area contributed by atoms with Crippen molar-refractivity contribution in [2.75, 3.05) is 12.4 Å². The number of anilines is 1. The van der Waals surface area contributed by atoms with Crippen LogP contribution in [0.3, 0.4) is 0 Å². The van der Waals surface area contributed by atoms with Gasteiger partial charge in [-0.15, -0.1) is 0 Å². The van der Waals surface area contributed by atoms with Crippen LogP contribution in [-0.4, -0.2) is 37.0 Å². The number of halogens is 1. The average Bonchev–Trinajstić information content (AvgIpc) is 2.55. The third-order valence-electron chi connectivity index (χ3n) is 4.80. The van der Waals surface area contributed by atoms with Crippen LogP contribution in [0.5, 0.6) is 5.75 Å². The van der Waals surface area contributed by atoms with Gasteiger partial charge < -0.3 is 20.7 Å². The van der Waals surface area contributed by atoms with E-state index in [0.29, 0.717) is 22.5 Å². The number of nitrogens with two attached hydrogens (primary N) is 1. The summed E-state index contributed by atoms with van der Waals surface area (Å²) in [6.07, 6.45) is 4.64. The van der Waals surface area contributed by atoms with E-state index in [0.717, 1.165) is 12.8 Å². The summed E-state index contributed by atoms with van der Waals surface area (Å²) in [7, 11) is 1.54. The summed E-state index contributed by atoms with van der Waals surface area (Å²) in [5.41, 5.74) is 0.595. The first-order valence-corrected chi connectivity index (χ1v) is 8.73. The van der Waals surface area contributed by atoms with Gasteiger partial charge >= 0.3 is 0 Å². The van der Waals surface area contributed by atoms with Gasteiger partial charge in [-0.1, -0.05) is 18.0 Å². The lowest BCUT2D eigenvalue weighted by molar-refractivity contribution is -0.718. The fourth-order valence-electron chi connectivity index (χ4n) is 3.56. The highest BCUT2D eigenvalue weighted by Crippen LogP contribution is 2.27. The zero-order chi connectivity index (χ0) is 17.1. The molecule has 1 aromatic rings. The Balaban J connectivity index is 1.58. The van der Waals surface area contributed by atoms with Crippen LogP contribution >= 0.6 is 11.6 Å². The van der Waals surface area contributed by atoms with Gasteiger partial charge in [0.25, 0.3) is 5.91 Å². The average molecular weight is 353 g/mol. The fraction of sp³-hybridized carbons (Fsp3) is 0.529. The van der Waals surface area contributed by atoms with Gasteiger partial charge in [-0.25, -0.2) is 0 Å². The van der Waals surface area contributed by atoms with Crippen molar-refractivity contribution in [2.45, 2.75) is 50.2 Å². The minimum Gasteiger partial charge on any atom is -0.495 e. The second-order valence-corrected chi connectivity index (χ2v) is 6.87. The van der Waals surface area contributed by atoms with Crippen molar-refractivity contribution in [3.63, 3.8) is 0 Å². The van der Waals surface area contributed by atoms with E-state index in [2.05, 4.69) is 16.0 Å². The van der Waals surface area contributed by atoms with Crippen LogP contribution in [0, 0.1) is 0 Å². The lowest BCUT2D eigenvalue weighted by Gasteiger charge is -2.37. The van der Waals surface area contributed by atoms with Crippen LogP contribution in [0.15, 0.2) is 18.2 Å². The van der Waals surface area contributed by atoms with Crippen LogP contribution in [-0.2, 0) is 9.59 Å². The Morgan fingerprint density at radius 2 is 2.21 bits per heavy atom. The lowest BCUT2D eigenvalue weighted by atomic mass is 9.87. The molecule has 1 aliphatic heterocycles. The summed E-state index contributed by atoms with van der Waals surface area (Å²) in [6.45, 7) is 0. The zero-order valence-corrected chi connectivity index (χ0v) is 14.4. The number of carbonyl (C=O) groups is 2. The molecule has 4 N–H and O–H groups in total. The first-order valence-electron chi connectivity index (χ1n) is 8.35. The maximum atomic E-state index is 12.3. The third kappa shape index (κ3) is 3.82. The minimum atomic E-state index is -0.363. The standard InChI is InChI=1S/C17H22ClN3O3/c1-24-15-7-6-10(8-11(15)18)19-16(22)9-14-17(23)21-13-5-3-2-4-12(13)20-14/h6-8,12-14,20H,2-5,9H2,1H3,(H,19,22)(H,21,23)/p+1/t12-,13-,14-/m0/s1. The summed E-state index contributed by atoms with van der Waals surface area (Å²) in [5, 5.41) is 8.37. The maximum absolute atomic E-state index is 12.3. The Kier molecular flexibility index (Phi) is 5.26. The summed E-state index contributed by atoms with van der Waals surface area (Å²) < 4.78 is 5.09. The van der Waals surface area contributed by atoms with Crippen molar-refractivity contribution in [1.82, 2.24) is 5.32 Å². The van der Waals surface area contributed by atoms with Crippen molar-refractivity contribution in [3.05, 3.63) is 23.2 Å². The number of rotatable bonds is 4. The number of benzene rings is 1. The van der Waals surface area contributed by atoms with Crippen molar-refractivity contribution >= 4 is 29.1 Å². The Labute approximate surface area is 146 Å². The van der Waals surface area contributed by atoms with Crippen LogP contribution in [0.25, 0.3) is 0 Å². The van der Waals surface area contributed by atoms with Gasteiger partial charge in [-0.3, -0.25) is 9.59 Å². The number of methoxy groups -OCH3 is 1. The van der Waals surface area contributed by atoms with E-state index >= 15 is 0 Å². The van der Waals surface area contributed by atoms with Crippen molar-refractivity contribution in [1.29, 1.82) is 0 Å². The molecule has 0 spiro atoms. The molecule has 2 amide bonds. The molecular weight excluding hydrogens is 330 g/mol. The number of ether oxygens (including phenoxy) is 1. The quantitative estimate of drug-likeness (QED) is 0.757. The van der Waals surface area contributed by atoms with E-state index in [-0.39, 0.29) is 30.3 Å². The molecule has 7 heteroatoms. The van der Waals surface area contributed by atoms with Gasteiger partial charge in [-0.2, -0.15) is 0 Å². The van der Waals surface area contributed by atoms with E-state index in [1.54, 1.807) is 18.2 Å². The number of piperazine rings is 1. The summed E-state index contributed by atoms with van der Waals surface area (Å²) in [5.74, 6) is 0.320. The molecule has 24 heavy (non-hydrogen) atoms. The van der Waals surface area contributed by atoms with E-state index in [4.69, 9.17) is 16.3 Å². The van der Waals surface area contributed by atoms with Gasteiger partial charge in [0.15, 0.2) is 6.04 Å². The van der Waals surface area contributed by atoms with Crippen LogP contribution in [0.4, 0.5) is 5.69 Å². The van der Waals surface area contributed by atoms with E-state index in [1.165, 1.54) is 20.0 Å². The molecule has 2 aliphatic rings. The van der Waals surface area contributed by atoms with Crippen molar-refractivity contribution < 1.29 is 19.6 Å². The van der Waals surface area contributed by atoms with Crippen LogP contribution in [0.1, 0.15) is 32.1 Å². The van der Waals surface area contributed by atoms with Gasteiger partial charge in [0, 0.05) is 12.1 Å². The maximum Gasteiger partial charge on any atom is 0.279 e. The molecule has 1 aliphatic carbocycles. The zero-order valence-electron chi connectivity index (χ0n) is 13.7. The number of fused-ring (bicyclic) bond motifs is 1. The SMILES string of the molecule is COc1ccc(NC(=O)C[C@@H]2[NH2+][C@H]3CCCC[C@@H]3NC2=O)cc1Cl. The number of nitrogens with one attached hydrogen (secondary N) is 2. The highest BCUT2D eigenvalue weighted by Gasteiger charge is 2.40. The molecule has 0 unspecified atom stereocenters. The highest BCUT2D eigenvalue weighted by molar-refractivity contribution is 6.32. The van der Waals surface area contributed by atoms with Crippen LogP contribution in [0.2, 0.25) is 5.02 Å². The molecule has 0 radical (unpaired) electrons. The van der Waals surface area contributed by atoms with Crippen molar-refractivity contribution in [3.8, 4) is 5.75 Å². The van der Waals surface area contributed by atoms with E-state index in [9.17, 15) is 9.59 Å². The third-order valence-corrected chi connectivity index (χ3v) is 5.10. The number of carbonyl (C=O) groups excluding carboxylic acids is 2. The molecule has 3 atom stereocenters. The summed E-state index contributed by atoms with van der Waals surface area (Å²) in [6, 6.07) is 5.35. The summed E-state index contributed by atoms with van der Waals surface area (Å²) >= 11 is 6.06. The van der Waals surface area contributed by atoms with E-state index < -0.39 is 0 Å². The molecule has 2 fully saturated rings. The molecule has 1 saturated carbocycles. The first-order chi connectivity index (χ1) is 11.6. The van der Waals surface area contributed by atoms with Gasteiger partial charge in [-0.05, 0) is 31.0 Å². The predicted octanol–water partition coefficient (Wildman–Crippen LogP) is 1.05. The largest absolute Gasteiger partial charge is 0.495 e. The highest BCUT2D eigenvalue weighted by atomic mass is 35.5. The van der Waals surface area contributed by atoms with Gasteiger partial charge in [0.2, 0.25) is 5.91 Å². The second-order valence-electron chi connectivity index (χ2n) is 6.46. The fourth-order valence-corrected chi connectivity index (χ4v) is 3.82. The normalized spacial score (nSPS) is 26.2. The topological polar surface area (TPSA) is 84.0 Å². The predicted molar refractivity (Wildman–Crippen MR) is 91.2 cm³/mol. The van der Waals surface area contributed by atoms with E-state index in [1.807, 2.05) is 0 Å². The number of hydrogen-bond acceptors (Lipinski definition) is 3. The molecular formula is C17H23ClN3O3+. The van der Waals surface area contributed by atoms with Crippen molar-refractivity contribution in [2.24, 2.45) is 0 Å². The molecule has 1 heterocycles. The Bertz CT molecular complexity index is 638. The smallest absolute Gasteiger partial charge is 0.279 e. The second kappa shape index (κ2) is 7.40. The molecule has 0 aromatic heterocycles. The number of amides is 2.